The lowest BCUT2D eigenvalue weighted by Crippen LogP contribution is -2.60. The number of benzene rings is 1. The number of halogens is 2. The predicted molar refractivity (Wildman–Crippen MR) is 103 cm³/mol. The van der Waals surface area contributed by atoms with Crippen LogP contribution in [0.2, 0.25) is 0 Å². The maximum Gasteiger partial charge on any atom is 0.349 e. The van der Waals surface area contributed by atoms with E-state index < -0.39 is 46.7 Å². The summed E-state index contributed by atoms with van der Waals surface area (Å²) in [5.74, 6) is -4.28. The molecule has 160 valence electrons. The molecule has 0 fully saturated rings. The van der Waals surface area contributed by atoms with Crippen molar-refractivity contribution >= 4 is 11.9 Å². The number of aliphatic hydroxyl groups excluding tert-OH is 1. The fourth-order valence-electron chi connectivity index (χ4n) is 3.28. The van der Waals surface area contributed by atoms with Crippen LogP contribution in [-0.2, 0) is 20.9 Å². The Bertz CT molecular complexity index is 830. The van der Waals surface area contributed by atoms with E-state index in [0.717, 1.165) is 6.07 Å². The van der Waals surface area contributed by atoms with Gasteiger partial charge in [0.1, 0.15) is 6.17 Å². The van der Waals surface area contributed by atoms with Crippen molar-refractivity contribution in [3.8, 4) is 0 Å². The highest BCUT2D eigenvalue weighted by atomic mass is 19.2. The number of carbonyl (C=O) groups excluding carboxylic acids is 2. The number of amides is 1. The molecule has 29 heavy (non-hydrogen) atoms. The highest BCUT2D eigenvalue weighted by Gasteiger charge is 2.45. The molecule has 1 atom stereocenters. The van der Waals surface area contributed by atoms with Crippen molar-refractivity contribution in [1.82, 2.24) is 9.80 Å². The van der Waals surface area contributed by atoms with Gasteiger partial charge in [-0.2, -0.15) is 0 Å². The highest BCUT2D eigenvalue weighted by Crippen LogP contribution is 2.32. The zero-order valence-electron chi connectivity index (χ0n) is 17.6. The van der Waals surface area contributed by atoms with E-state index in [1.165, 1.54) is 21.9 Å². The molecule has 1 aromatic carbocycles. The van der Waals surface area contributed by atoms with Crippen LogP contribution in [0.4, 0.5) is 8.78 Å². The number of esters is 1. The summed E-state index contributed by atoms with van der Waals surface area (Å²) in [5.41, 5.74) is -1.22. The van der Waals surface area contributed by atoms with Crippen molar-refractivity contribution in [2.75, 3.05) is 6.61 Å². The molecule has 6 nitrogen and oxygen atoms in total. The van der Waals surface area contributed by atoms with Crippen LogP contribution < -0.4 is 0 Å². The van der Waals surface area contributed by atoms with Gasteiger partial charge in [0.2, 0.25) is 5.88 Å². The van der Waals surface area contributed by atoms with Crippen molar-refractivity contribution in [2.24, 2.45) is 5.92 Å². The van der Waals surface area contributed by atoms with E-state index >= 15 is 0 Å². The fourth-order valence-corrected chi connectivity index (χ4v) is 3.28. The van der Waals surface area contributed by atoms with Gasteiger partial charge < -0.3 is 19.6 Å². The Hall–Kier alpha value is -2.64. The molecule has 0 saturated carbocycles. The summed E-state index contributed by atoms with van der Waals surface area (Å²) in [7, 11) is 0. The molecule has 0 aliphatic carbocycles. The van der Waals surface area contributed by atoms with E-state index in [1.807, 2.05) is 13.8 Å². The average molecular weight is 410 g/mol. The Morgan fingerprint density at radius 1 is 1.28 bits per heavy atom. The van der Waals surface area contributed by atoms with E-state index in [4.69, 9.17) is 4.74 Å². The van der Waals surface area contributed by atoms with Crippen LogP contribution in [0.5, 0.6) is 0 Å². The fraction of sp³-hybridized carbons (Fsp3) is 0.524. The van der Waals surface area contributed by atoms with Gasteiger partial charge in [0.25, 0.3) is 5.91 Å². The molecule has 2 rings (SSSR count). The monoisotopic (exact) mass is 410 g/mol. The van der Waals surface area contributed by atoms with Crippen LogP contribution in [0.3, 0.4) is 0 Å². The lowest BCUT2D eigenvalue weighted by atomic mass is 10.0. The first-order chi connectivity index (χ1) is 13.4. The third kappa shape index (κ3) is 4.68. The Kier molecular flexibility index (Phi) is 6.55. The number of hydrogen-bond acceptors (Lipinski definition) is 5. The second kappa shape index (κ2) is 8.39. The summed E-state index contributed by atoms with van der Waals surface area (Å²) < 4.78 is 33.0. The molecule has 1 aromatic rings. The number of nitrogens with zero attached hydrogens (tertiary/aromatic N) is 2. The second-order valence-electron chi connectivity index (χ2n) is 8.51. The van der Waals surface area contributed by atoms with Gasteiger partial charge in [-0.05, 0) is 39.7 Å². The molecular weight excluding hydrogens is 382 g/mol. The van der Waals surface area contributed by atoms with E-state index in [1.54, 1.807) is 27.7 Å². The molecule has 1 N–H and O–H groups in total. The van der Waals surface area contributed by atoms with Crippen molar-refractivity contribution < 1.29 is 28.2 Å². The van der Waals surface area contributed by atoms with E-state index in [2.05, 4.69) is 0 Å². The van der Waals surface area contributed by atoms with Gasteiger partial charge in [0, 0.05) is 11.1 Å². The third-order valence-corrected chi connectivity index (χ3v) is 4.60. The molecule has 1 amide bonds. The molecule has 0 bridgehead atoms. The van der Waals surface area contributed by atoms with E-state index in [0.29, 0.717) is 0 Å². The summed E-state index contributed by atoms with van der Waals surface area (Å²) in [6.45, 7) is 10.5. The molecule has 0 saturated heterocycles. The van der Waals surface area contributed by atoms with Crippen molar-refractivity contribution in [3.63, 3.8) is 0 Å². The Balaban J connectivity index is 2.49. The average Bonchev–Trinajstić information content (AvgIpc) is 2.59. The van der Waals surface area contributed by atoms with Crippen molar-refractivity contribution in [2.45, 2.75) is 59.8 Å². The lowest BCUT2D eigenvalue weighted by molar-refractivity contribution is -0.151. The zero-order chi connectivity index (χ0) is 22.1. The van der Waals surface area contributed by atoms with Crippen LogP contribution in [0.15, 0.2) is 29.7 Å². The standard InChI is InChI=1S/C21H28F2N2O4/c1-12(2)11-29-20(28)16-18(26)24(10-14-8-7-9-15(22)17(14)23)13(3)25(19(16)27)21(4,5)6/h7-9,12-13,27H,10-11H2,1-6H3. The molecule has 0 spiro atoms. The summed E-state index contributed by atoms with van der Waals surface area (Å²) in [6.07, 6.45) is -0.716. The maximum absolute atomic E-state index is 14.2. The van der Waals surface area contributed by atoms with E-state index in [9.17, 15) is 23.5 Å². The van der Waals surface area contributed by atoms with Gasteiger partial charge in [0.05, 0.1) is 13.2 Å². The van der Waals surface area contributed by atoms with Gasteiger partial charge in [-0.1, -0.05) is 26.0 Å². The minimum absolute atomic E-state index is 0.0321. The molecular formula is C21H28F2N2O4. The van der Waals surface area contributed by atoms with Crippen LogP contribution in [0, 0.1) is 17.6 Å². The zero-order valence-corrected chi connectivity index (χ0v) is 17.6. The summed E-state index contributed by atoms with van der Waals surface area (Å²) in [4.78, 5) is 28.3. The Morgan fingerprint density at radius 2 is 1.90 bits per heavy atom. The smallest absolute Gasteiger partial charge is 0.349 e. The minimum Gasteiger partial charge on any atom is -0.494 e. The number of hydrogen-bond donors (Lipinski definition) is 1. The SMILES string of the molecule is CC(C)COC(=O)C1=C(O)N(C(C)(C)C)C(C)N(Cc2cccc(F)c2F)C1=O. The quantitative estimate of drug-likeness (QED) is 0.592. The largest absolute Gasteiger partial charge is 0.494 e. The highest BCUT2D eigenvalue weighted by molar-refractivity contribution is 6.17. The number of carbonyl (C=O) groups is 2. The first-order valence-corrected chi connectivity index (χ1v) is 9.49. The Morgan fingerprint density at radius 3 is 2.45 bits per heavy atom. The maximum atomic E-state index is 14.2. The van der Waals surface area contributed by atoms with Gasteiger partial charge in [0.15, 0.2) is 17.2 Å². The van der Waals surface area contributed by atoms with Gasteiger partial charge >= 0.3 is 5.97 Å². The van der Waals surface area contributed by atoms with Crippen molar-refractivity contribution in [3.05, 3.63) is 46.9 Å². The predicted octanol–water partition coefficient (Wildman–Crippen LogP) is 3.72. The summed E-state index contributed by atoms with van der Waals surface area (Å²) >= 11 is 0. The van der Waals surface area contributed by atoms with Gasteiger partial charge in [-0.25, -0.2) is 13.6 Å². The third-order valence-electron chi connectivity index (χ3n) is 4.60. The number of aliphatic hydroxyl groups is 1. The molecule has 1 aliphatic rings. The minimum atomic E-state index is -1.06. The summed E-state index contributed by atoms with van der Waals surface area (Å²) in [5, 5.41) is 10.7. The molecule has 8 heteroatoms. The molecule has 1 aliphatic heterocycles. The number of rotatable bonds is 5. The molecule has 0 aromatic heterocycles. The van der Waals surface area contributed by atoms with Crippen molar-refractivity contribution in [1.29, 1.82) is 0 Å². The van der Waals surface area contributed by atoms with Crippen LogP contribution in [0.1, 0.15) is 47.1 Å². The normalized spacial score (nSPS) is 18.0. The molecule has 0 radical (unpaired) electrons. The summed E-state index contributed by atoms with van der Waals surface area (Å²) in [6, 6.07) is 3.70. The van der Waals surface area contributed by atoms with Gasteiger partial charge in [-0.15, -0.1) is 0 Å². The Labute approximate surface area is 169 Å². The first kappa shape index (κ1) is 22.6. The van der Waals surface area contributed by atoms with Crippen LogP contribution >= 0.6 is 0 Å². The van der Waals surface area contributed by atoms with E-state index in [-0.39, 0.29) is 24.6 Å². The van der Waals surface area contributed by atoms with Gasteiger partial charge in [-0.3, -0.25) is 4.79 Å². The first-order valence-electron chi connectivity index (χ1n) is 9.49. The van der Waals surface area contributed by atoms with Crippen LogP contribution in [0.25, 0.3) is 0 Å². The van der Waals surface area contributed by atoms with Crippen LogP contribution in [-0.4, -0.2) is 45.1 Å². The lowest BCUT2D eigenvalue weighted by Gasteiger charge is -2.48. The molecule has 1 heterocycles. The topological polar surface area (TPSA) is 70.1 Å². The number of ether oxygens (including phenoxy) is 1. The second-order valence-corrected chi connectivity index (χ2v) is 8.51. The molecule has 1 unspecified atom stereocenters.